The summed E-state index contributed by atoms with van der Waals surface area (Å²) in [6, 6.07) is -0.201. The van der Waals surface area contributed by atoms with Gasteiger partial charge in [-0.2, -0.15) is 0 Å². The van der Waals surface area contributed by atoms with Gasteiger partial charge in [-0.25, -0.2) is 0 Å². The van der Waals surface area contributed by atoms with E-state index in [2.05, 4.69) is 5.92 Å². The molecule has 0 amide bonds. The van der Waals surface area contributed by atoms with E-state index in [0.29, 0.717) is 0 Å². The lowest BCUT2D eigenvalue weighted by atomic mass is 10.1. The Kier molecular flexibility index (Phi) is 2.10. The van der Waals surface area contributed by atoms with Crippen molar-refractivity contribution >= 4 is 0 Å². The summed E-state index contributed by atoms with van der Waals surface area (Å²) in [5, 5.41) is 0. The first-order chi connectivity index (χ1) is 4.34. The Morgan fingerprint density at radius 3 is 3.00 bits per heavy atom. The Morgan fingerprint density at radius 2 is 2.56 bits per heavy atom. The molecule has 1 aliphatic rings. The van der Waals surface area contributed by atoms with Gasteiger partial charge in [-0.1, -0.05) is 5.92 Å². The van der Waals surface area contributed by atoms with Crippen LogP contribution in [-0.4, -0.2) is 18.8 Å². The molecule has 0 unspecified atom stereocenters. The topological polar surface area (TPSA) is 35.2 Å². The van der Waals surface area contributed by atoms with Crippen LogP contribution in [0.4, 0.5) is 0 Å². The van der Waals surface area contributed by atoms with Crippen LogP contribution in [0.3, 0.4) is 0 Å². The van der Waals surface area contributed by atoms with Crippen molar-refractivity contribution < 1.29 is 4.74 Å². The van der Waals surface area contributed by atoms with E-state index in [0.717, 1.165) is 19.4 Å². The minimum absolute atomic E-state index is 0.120. The summed E-state index contributed by atoms with van der Waals surface area (Å²) in [4.78, 5) is 0. The Bertz CT molecular complexity index is 121. The standard InChI is InChI=1S/C7H11NO/c1-2-6(8)7-4-3-5-9-7/h1,6-7H,3-5,8H2/t6-,7-/m0/s1. The van der Waals surface area contributed by atoms with E-state index < -0.39 is 0 Å². The van der Waals surface area contributed by atoms with Crippen molar-refractivity contribution in [3.05, 3.63) is 0 Å². The fourth-order valence-electron chi connectivity index (χ4n) is 0.993. The zero-order valence-corrected chi connectivity index (χ0v) is 5.34. The summed E-state index contributed by atoms with van der Waals surface area (Å²) in [6.07, 6.45) is 7.33. The van der Waals surface area contributed by atoms with Crippen LogP contribution in [0.15, 0.2) is 0 Å². The number of terminal acetylenes is 1. The number of ether oxygens (including phenoxy) is 1. The van der Waals surface area contributed by atoms with E-state index in [9.17, 15) is 0 Å². The average Bonchev–Trinajstić information content (AvgIpc) is 2.37. The molecule has 1 heterocycles. The van der Waals surface area contributed by atoms with E-state index in [1.165, 1.54) is 0 Å². The molecule has 50 valence electrons. The van der Waals surface area contributed by atoms with Gasteiger partial charge < -0.3 is 10.5 Å². The molecule has 0 radical (unpaired) electrons. The zero-order valence-electron chi connectivity index (χ0n) is 5.34. The van der Waals surface area contributed by atoms with Gasteiger partial charge in [0.1, 0.15) is 0 Å². The fourth-order valence-corrected chi connectivity index (χ4v) is 0.993. The minimum atomic E-state index is -0.201. The van der Waals surface area contributed by atoms with Gasteiger partial charge in [0.15, 0.2) is 0 Å². The molecule has 1 fully saturated rings. The van der Waals surface area contributed by atoms with E-state index in [1.807, 2.05) is 0 Å². The molecule has 0 spiro atoms. The molecule has 1 rings (SSSR count). The first kappa shape index (κ1) is 6.60. The van der Waals surface area contributed by atoms with Crippen molar-refractivity contribution in [3.63, 3.8) is 0 Å². The van der Waals surface area contributed by atoms with Crippen molar-refractivity contribution in [3.8, 4) is 12.3 Å². The zero-order chi connectivity index (χ0) is 6.69. The van der Waals surface area contributed by atoms with Crippen molar-refractivity contribution in [2.24, 2.45) is 5.73 Å². The second-order valence-corrected chi connectivity index (χ2v) is 2.24. The lowest BCUT2D eigenvalue weighted by Gasteiger charge is -2.11. The molecule has 0 aliphatic carbocycles. The van der Waals surface area contributed by atoms with Crippen LogP contribution in [0, 0.1) is 12.3 Å². The Labute approximate surface area is 55.4 Å². The molecular formula is C7H11NO. The highest BCUT2D eigenvalue weighted by Crippen LogP contribution is 2.13. The van der Waals surface area contributed by atoms with Gasteiger partial charge in [0.25, 0.3) is 0 Å². The molecule has 0 aromatic carbocycles. The highest BCUT2D eigenvalue weighted by Gasteiger charge is 2.20. The van der Waals surface area contributed by atoms with Gasteiger partial charge >= 0.3 is 0 Å². The first-order valence-corrected chi connectivity index (χ1v) is 3.18. The summed E-state index contributed by atoms with van der Waals surface area (Å²) >= 11 is 0. The van der Waals surface area contributed by atoms with Crippen LogP contribution in [-0.2, 0) is 4.74 Å². The van der Waals surface area contributed by atoms with Gasteiger partial charge in [-0.05, 0) is 12.8 Å². The van der Waals surface area contributed by atoms with Crippen molar-refractivity contribution in [2.75, 3.05) is 6.61 Å². The van der Waals surface area contributed by atoms with Crippen LogP contribution in [0.25, 0.3) is 0 Å². The maximum absolute atomic E-state index is 5.52. The highest BCUT2D eigenvalue weighted by atomic mass is 16.5. The van der Waals surface area contributed by atoms with Crippen molar-refractivity contribution in [1.82, 2.24) is 0 Å². The van der Waals surface area contributed by atoms with Crippen LogP contribution in [0.5, 0.6) is 0 Å². The largest absolute Gasteiger partial charge is 0.376 e. The number of hydrogen-bond acceptors (Lipinski definition) is 2. The van der Waals surface area contributed by atoms with Crippen LogP contribution < -0.4 is 5.73 Å². The third-order valence-corrected chi connectivity index (χ3v) is 1.56. The molecule has 0 saturated carbocycles. The van der Waals surface area contributed by atoms with Gasteiger partial charge in [0.2, 0.25) is 0 Å². The summed E-state index contributed by atoms with van der Waals surface area (Å²) in [5.74, 6) is 2.46. The summed E-state index contributed by atoms with van der Waals surface area (Å²) in [6.45, 7) is 0.819. The Balaban J connectivity index is 2.34. The summed E-state index contributed by atoms with van der Waals surface area (Å²) in [7, 11) is 0. The monoisotopic (exact) mass is 125 g/mol. The molecule has 2 nitrogen and oxygen atoms in total. The number of hydrogen-bond donors (Lipinski definition) is 1. The number of nitrogens with two attached hydrogens (primary N) is 1. The molecular weight excluding hydrogens is 114 g/mol. The van der Waals surface area contributed by atoms with E-state index in [1.54, 1.807) is 0 Å². The van der Waals surface area contributed by atoms with Crippen molar-refractivity contribution in [1.29, 1.82) is 0 Å². The molecule has 2 heteroatoms. The molecule has 0 aromatic rings. The molecule has 2 N–H and O–H groups in total. The molecule has 0 aromatic heterocycles. The highest BCUT2D eigenvalue weighted by molar-refractivity contribution is 5.01. The van der Waals surface area contributed by atoms with Crippen LogP contribution >= 0.6 is 0 Å². The third kappa shape index (κ3) is 1.44. The maximum Gasteiger partial charge on any atom is 0.0927 e. The summed E-state index contributed by atoms with van der Waals surface area (Å²) in [5.41, 5.74) is 5.52. The van der Waals surface area contributed by atoms with Gasteiger partial charge in [-0.15, -0.1) is 6.42 Å². The predicted molar refractivity (Wildman–Crippen MR) is 35.8 cm³/mol. The average molecular weight is 125 g/mol. The molecule has 9 heavy (non-hydrogen) atoms. The predicted octanol–water partition coefficient (Wildman–Crippen LogP) is 0.126. The lowest BCUT2D eigenvalue weighted by Crippen LogP contribution is -2.32. The quantitative estimate of drug-likeness (QED) is 0.505. The molecule has 1 aliphatic heterocycles. The smallest absolute Gasteiger partial charge is 0.0927 e. The van der Waals surface area contributed by atoms with Gasteiger partial charge in [0.05, 0.1) is 12.1 Å². The molecule has 1 saturated heterocycles. The van der Waals surface area contributed by atoms with Gasteiger partial charge in [0, 0.05) is 6.61 Å². The van der Waals surface area contributed by atoms with E-state index in [4.69, 9.17) is 16.9 Å². The molecule has 2 atom stereocenters. The summed E-state index contributed by atoms with van der Waals surface area (Å²) < 4.78 is 5.24. The van der Waals surface area contributed by atoms with Crippen LogP contribution in [0.2, 0.25) is 0 Å². The SMILES string of the molecule is C#C[C@H](N)[C@@H]1CCCO1. The Morgan fingerprint density at radius 1 is 1.78 bits per heavy atom. The maximum atomic E-state index is 5.52. The molecule has 0 bridgehead atoms. The fraction of sp³-hybridized carbons (Fsp3) is 0.714. The van der Waals surface area contributed by atoms with E-state index >= 15 is 0 Å². The van der Waals surface area contributed by atoms with Gasteiger partial charge in [-0.3, -0.25) is 0 Å². The lowest BCUT2D eigenvalue weighted by molar-refractivity contribution is 0.103. The number of rotatable bonds is 1. The second kappa shape index (κ2) is 2.86. The first-order valence-electron chi connectivity index (χ1n) is 3.18. The second-order valence-electron chi connectivity index (χ2n) is 2.24. The van der Waals surface area contributed by atoms with E-state index in [-0.39, 0.29) is 12.1 Å². The Hall–Kier alpha value is -0.520. The minimum Gasteiger partial charge on any atom is -0.376 e. The third-order valence-electron chi connectivity index (χ3n) is 1.56. The van der Waals surface area contributed by atoms with Crippen molar-refractivity contribution in [2.45, 2.75) is 25.0 Å². The van der Waals surface area contributed by atoms with Crippen LogP contribution in [0.1, 0.15) is 12.8 Å². The normalized spacial score (nSPS) is 29.6.